The molecule has 2 amide bonds. The van der Waals surface area contributed by atoms with Crippen LogP contribution in [0.1, 0.15) is 37.7 Å². The van der Waals surface area contributed by atoms with E-state index in [2.05, 4.69) is 5.32 Å². The highest BCUT2D eigenvalue weighted by molar-refractivity contribution is 8.26. The van der Waals surface area contributed by atoms with Crippen LogP contribution in [0.3, 0.4) is 0 Å². The Morgan fingerprint density at radius 2 is 2.00 bits per heavy atom. The van der Waals surface area contributed by atoms with Gasteiger partial charge in [-0.05, 0) is 37.1 Å². The third-order valence-corrected chi connectivity index (χ3v) is 5.71. The second kappa shape index (κ2) is 11.2. The number of carboxylic acids is 1. The van der Waals surface area contributed by atoms with Crippen LogP contribution in [0.4, 0.5) is 0 Å². The maximum atomic E-state index is 12.6. The number of benzene rings is 1. The summed E-state index contributed by atoms with van der Waals surface area (Å²) in [6.45, 7) is 0.573. The second-order valence-corrected chi connectivity index (χ2v) is 8.45. The number of halogens is 1. The number of carbonyl (C=O) groups excluding carboxylic acids is 2. The number of unbranched alkanes of at least 4 members (excludes halogenated alkanes) is 2. The fraction of sp³-hybridized carbons (Fsp3) is 0.368. The van der Waals surface area contributed by atoms with Crippen molar-refractivity contribution in [2.75, 3.05) is 13.1 Å². The van der Waals surface area contributed by atoms with Gasteiger partial charge < -0.3 is 15.5 Å². The van der Waals surface area contributed by atoms with E-state index in [1.165, 1.54) is 22.7 Å². The summed E-state index contributed by atoms with van der Waals surface area (Å²) in [5.41, 5.74) is 0.451. The lowest BCUT2D eigenvalue weighted by atomic mass is 10.1. The average Bonchev–Trinajstić information content (AvgIpc) is 2.91. The van der Waals surface area contributed by atoms with Gasteiger partial charge in [-0.1, -0.05) is 42.0 Å². The van der Waals surface area contributed by atoms with Crippen molar-refractivity contribution in [1.29, 1.82) is 0 Å². The molecule has 10 heteroatoms. The van der Waals surface area contributed by atoms with Crippen molar-refractivity contribution >= 4 is 63.8 Å². The summed E-state index contributed by atoms with van der Waals surface area (Å²) in [5, 5.41) is 21.4. The molecule has 1 aromatic rings. The van der Waals surface area contributed by atoms with Crippen LogP contribution in [0.15, 0.2) is 23.1 Å². The summed E-state index contributed by atoms with van der Waals surface area (Å²) < 4.78 is 0.453. The first-order valence-electron chi connectivity index (χ1n) is 9.00. The molecule has 1 aromatic carbocycles. The molecule has 0 aromatic heterocycles. The van der Waals surface area contributed by atoms with Crippen molar-refractivity contribution < 1.29 is 24.6 Å². The van der Waals surface area contributed by atoms with Crippen LogP contribution < -0.4 is 5.32 Å². The van der Waals surface area contributed by atoms with Gasteiger partial charge in [0.25, 0.3) is 5.91 Å². The number of carboxylic acid groups (broad SMARTS) is 1. The van der Waals surface area contributed by atoms with Gasteiger partial charge in [0.2, 0.25) is 5.91 Å². The third-order valence-electron chi connectivity index (χ3n) is 4.10. The first-order valence-corrected chi connectivity index (χ1v) is 10.6. The van der Waals surface area contributed by atoms with Crippen LogP contribution in [0.5, 0.6) is 5.75 Å². The molecule has 29 heavy (non-hydrogen) atoms. The van der Waals surface area contributed by atoms with E-state index in [4.69, 9.17) is 28.9 Å². The van der Waals surface area contributed by atoms with Crippen molar-refractivity contribution in [2.24, 2.45) is 0 Å². The van der Waals surface area contributed by atoms with Crippen molar-refractivity contribution in [3.05, 3.63) is 33.7 Å². The van der Waals surface area contributed by atoms with Gasteiger partial charge in [-0.3, -0.25) is 19.3 Å². The number of nitrogens with zero attached hydrogens (tertiary/aromatic N) is 1. The first-order chi connectivity index (χ1) is 13.8. The number of hydrogen-bond donors (Lipinski definition) is 3. The lowest BCUT2D eigenvalue weighted by Crippen LogP contribution is -2.29. The van der Waals surface area contributed by atoms with E-state index >= 15 is 0 Å². The molecule has 156 valence electrons. The Morgan fingerprint density at radius 3 is 2.72 bits per heavy atom. The summed E-state index contributed by atoms with van der Waals surface area (Å²) >= 11 is 12.4. The molecule has 0 radical (unpaired) electrons. The maximum absolute atomic E-state index is 12.6. The van der Waals surface area contributed by atoms with E-state index in [-0.39, 0.29) is 30.5 Å². The number of phenols is 1. The fourth-order valence-corrected chi connectivity index (χ4v) is 4.08. The number of rotatable bonds is 10. The predicted molar refractivity (Wildman–Crippen MR) is 117 cm³/mol. The molecule has 2 rings (SSSR count). The van der Waals surface area contributed by atoms with E-state index in [0.717, 1.165) is 6.42 Å². The zero-order valence-electron chi connectivity index (χ0n) is 15.5. The Kier molecular flexibility index (Phi) is 8.94. The van der Waals surface area contributed by atoms with Crippen LogP contribution in [-0.4, -0.2) is 50.3 Å². The van der Waals surface area contributed by atoms with Crippen molar-refractivity contribution in [3.63, 3.8) is 0 Å². The molecule has 1 heterocycles. The van der Waals surface area contributed by atoms with Crippen molar-refractivity contribution in [3.8, 4) is 5.75 Å². The number of phenolic OH excluding ortho intramolecular Hbond substituents is 1. The van der Waals surface area contributed by atoms with E-state index in [1.54, 1.807) is 18.2 Å². The molecular formula is C19H21ClN2O5S2. The zero-order valence-corrected chi connectivity index (χ0v) is 17.9. The van der Waals surface area contributed by atoms with E-state index in [9.17, 15) is 19.5 Å². The van der Waals surface area contributed by atoms with E-state index < -0.39 is 5.97 Å². The molecular weight excluding hydrogens is 436 g/mol. The lowest BCUT2D eigenvalue weighted by molar-refractivity contribution is -0.137. The Hall–Kier alpha value is -2.10. The number of aliphatic carboxylic acids is 1. The minimum Gasteiger partial charge on any atom is -0.507 e. The summed E-state index contributed by atoms with van der Waals surface area (Å²) in [6.07, 6.45) is 3.84. The minimum absolute atomic E-state index is 0.0290. The molecule has 1 saturated heterocycles. The van der Waals surface area contributed by atoms with E-state index in [1.807, 2.05) is 0 Å². The smallest absolute Gasteiger partial charge is 0.305 e. The van der Waals surface area contributed by atoms with Crippen molar-refractivity contribution in [1.82, 2.24) is 10.2 Å². The molecule has 0 unspecified atom stereocenters. The Morgan fingerprint density at radius 1 is 1.24 bits per heavy atom. The number of amides is 2. The molecule has 0 aliphatic carbocycles. The van der Waals surface area contributed by atoms with Crippen LogP contribution in [0, 0.1) is 0 Å². The van der Waals surface area contributed by atoms with Gasteiger partial charge in [0.1, 0.15) is 10.1 Å². The molecule has 0 saturated carbocycles. The Labute approximate surface area is 183 Å². The zero-order chi connectivity index (χ0) is 21.4. The summed E-state index contributed by atoms with van der Waals surface area (Å²) in [6, 6.07) is 4.60. The quantitative estimate of drug-likeness (QED) is 0.281. The largest absolute Gasteiger partial charge is 0.507 e. The van der Waals surface area contributed by atoms with Crippen LogP contribution in [0.2, 0.25) is 5.02 Å². The summed E-state index contributed by atoms with van der Waals surface area (Å²) in [7, 11) is 0. The van der Waals surface area contributed by atoms with Gasteiger partial charge in [0.05, 0.1) is 11.3 Å². The topological polar surface area (TPSA) is 107 Å². The van der Waals surface area contributed by atoms with Crippen LogP contribution in [-0.2, 0) is 14.4 Å². The Bertz CT molecular complexity index is 844. The minimum atomic E-state index is -0.951. The van der Waals surface area contributed by atoms with Gasteiger partial charge >= 0.3 is 5.97 Å². The van der Waals surface area contributed by atoms with Gasteiger partial charge in [0.15, 0.2) is 0 Å². The number of aromatic hydroxyl groups is 1. The van der Waals surface area contributed by atoms with Gasteiger partial charge in [-0.25, -0.2) is 0 Å². The number of hydrogen-bond acceptors (Lipinski definition) is 6. The van der Waals surface area contributed by atoms with E-state index in [0.29, 0.717) is 45.6 Å². The summed E-state index contributed by atoms with van der Waals surface area (Å²) in [5.74, 6) is -1.32. The molecule has 1 aliphatic rings. The molecule has 0 bridgehead atoms. The third kappa shape index (κ3) is 7.34. The maximum Gasteiger partial charge on any atom is 0.305 e. The molecule has 3 N–H and O–H groups in total. The number of nitrogens with one attached hydrogen (secondary N) is 1. The number of carbonyl (C=O) groups is 3. The highest BCUT2D eigenvalue weighted by Crippen LogP contribution is 2.34. The van der Waals surface area contributed by atoms with Gasteiger partial charge in [-0.15, -0.1) is 0 Å². The fourth-order valence-electron chi connectivity index (χ4n) is 2.60. The second-order valence-electron chi connectivity index (χ2n) is 6.34. The standard InChI is InChI=1S/C19H21ClN2O5S2/c20-13-5-6-14(23)12(10-13)11-15-18(27)22(19(28)29-15)9-3-1-2-4-16(24)21-8-7-17(25)26/h5-6,10-11,23H,1-4,7-9H2,(H,21,24)(H,25,26)/b15-11-. The highest BCUT2D eigenvalue weighted by atomic mass is 35.5. The predicted octanol–water partition coefficient (Wildman–Crippen LogP) is 3.40. The first kappa shape index (κ1) is 23.2. The molecule has 7 nitrogen and oxygen atoms in total. The number of thioether (sulfide) groups is 1. The van der Waals surface area contributed by atoms with Gasteiger partial charge in [0, 0.05) is 30.1 Å². The van der Waals surface area contributed by atoms with Crippen molar-refractivity contribution in [2.45, 2.75) is 32.1 Å². The number of thiocarbonyl (C=S) groups is 1. The van der Waals surface area contributed by atoms with Crippen LogP contribution in [0.25, 0.3) is 6.08 Å². The molecule has 0 atom stereocenters. The highest BCUT2D eigenvalue weighted by Gasteiger charge is 2.31. The lowest BCUT2D eigenvalue weighted by Gasteiger charge is -2.14. The summed E-state index contributed by atoms with van der Waals surface area (Å²) in [4.78, 5) is 36.5. The molecule has 1 aliphatic heterocycles. The molecule has 0 spiro atoms. The monoisotopic (exact) mass is 456 g/mol. The Balaban J connectivity index is 1.78. The van der Waals surface area contributed by atoms with Gasteiger partial charge in [-0.2, -0.15) is 0 Å². The normalized spacial score (nSPS) is 15.2. The SMILES string of the molecule is O=C(O)CCNC(=O)CCCCCN1C(=O)/C(=C/c2cc(Cl)ccc2O)SC1=S. The molecule has 1 fully saturated rings. The average molecular weight is 457 g/mol. The van der Waals surface area contributed by atoms with Crippen LogP contribution >= 0.6 is 35.6 Å².